The number of piperazine rings is 1. The highest BCUT2D eigenvalue weighted by Crippen LogP contribution is 2.42. The number of halogens is 2. The molecular formula is C15H20Cl2N2. The summed E-state index contributed by atoms with van der Waals surface area (Å²) in [5, 5.41) is 4.96. The highest BCUT2D eigenvalue weighted by atomic mass is 35.5. The molecule has 1 saturated heterocycles. The third-order valence-electron chi connectivity index (χ3n) is 4.17. The first-order chi connectivity index (χ1) is 9.24. The minimum Gasteiger partial charge on any atom is -0.314 e. The number of nitrogens with zero attached hydrogens (tertiary/aromatic N) is 1. The highest BCUT2D eigenvalue weighted by Gasteiger charge is 2.31. The van der Waals surface area contributed by atoms with Crippen molar-refractivity contribution in [1.29, 1.82) is 0 Å². The van der Waals surface area contributed by atoms with Crippen LogP contribution in [0.25, 0.3) is 0 Å². The van der Waals surface area contributed by atoms with E-state index < -0.39 is 0 Å². The molecule has 0 radical (unpaired) electrons. The number of rotatable bonds is 4. The highest BCUT2D eigenvalue weighted by molar-refractivity contribution is 6.35. The molecule has 1 N–H and O–H groups in total. The van der Waals surface area contributed by atoms with Gasteiger partial charge in [-0.2, -0.15) is 0 Å². The minimum absolute atomic E-state index is 0.458. The van der Waals surface area contributed by atoms with Crippen LogP contribution in [0.5, 0.6) is 0 Å². The largest absolute Gasteiger partial charge is 0.314 e. The Morgan fingerprint density at radius 2 is 1.95 bits per heavy atom. The van der Waals surface area contributed by atoms with Crippen LogP contribution in [0.4, 0.5) is 0 Å². The SMILES string of the molecule is Clc1ccc([C@@H](CC2CC2)N2CCNCC2)c(Cl)c1. The second-order valence-electron chi connectivity index (χ2n) is 5.65. The van der Waals surface area contributed by atoms with E-state index in [0.29, 0.717) is 6.04 Å². The molecule has 3 rings (SSSR count). The predicted octanol–water partition coefficient (Wildman–Crippen LogP) is 3.74. The van der Waals surface area contributed by atoms with Gasteiger partial charge in [-0.25, -0.2) is 0 Å². The first kappa shape index (κ1) is 13.7. The molecule has 0 aromatic heterocycles. The molecule has 1 aliphatic carbocycles. The van der Waals surface area contributed by atoms with E-state index in [9.17, 15) is 0 Å². The Kier molecular flexibility index (Phi) is 4.33. The summed E-state index contributed by atoms with van der Waals surface area (Å²) in [5.41, 5.74) is 1.25. The van der Waals surface area contributed by atoms with Gasteiger partial charge in [-0.15, -0.1) is 0 Å². The number of hydrogen-bond acceptors (Lipinski definition) is 2. The van der Waals surface area contributed by atoms with Gasteiger partial charge in [0.1, 0.15) is 0 Å². The maximum Gasteiger partial charge on any atom is 0.0468 e. The van der Waals surface area contributed by atoms with Gasteiger partial charge in [-0.05, 0) is 30.0 Å². The lowest BCUT2D eigenvalue weighted by Crippen LogP contribution is -2.45. The van der Waals surface area contributed by atoms with Crippen LogP contribution in [0.2, 0.25) is 10.0 Å². The van der Waals surface area contributed by atoms with Crippen molar-refractivity contribution >= 4 is 23.2 Å². The molecule has 1 aromatic rings. The lowest BCUT2D eigenvalue weighted by molar-refractivity contribution is 0.160. The zero-order valence-electron chi connectivity index (χ0n) is 11.0. The van der Waals surface area contributed by atoms with Crippen LogP contribution in [0.3, 0.4) is 0 Å². The van der Waals surface area contributed by atoms with Crippen molar-refractivity contribution in [2.75, 3.05) is 26.2 Å². The van der Waals surface area contributed by atoms with Crippen molar-refractivity contribution in [3.8, 4) is 0 Å². The average molecular weight is 299 g/mol. The molecule has 0 unspecified atom stereocenters. The second kappa shape index (κ2) is 6.01. The fourth-order valence-electron chi connectivity index (χ4n) is 2.91. The monoisotopic (exact) mass is 298 g/mol. The molecule has 1 saturated carbocycles. The Morgan fingerprint density at radius 1 is 1.21 bits per heavy atom. The van der Waals surface area contributed by atoms with Crippen LogP contribution in [0.1, 0.15) is 30.9 Å². The molecule has 104 valence electrons. The summed E-state index contributed by atoms with van der Waals surface area (Å²) in [6, 6.07) is 6.41. The van der Waals surface area contributed by atoms with Crippen molar-refractivity contribution in [3.05, 3.63) is 33.8 Å². The zero-order valence-corrected chi connectivity index (χ0v) is 12.6. The molecule has 1 aliphatic heterocycles. The van der Waals surface area contributed by atoms with E-state index in [2.05, 4.69) is 16.3 Å². The maximum absolute atomic E-state index is 6.42. The quantitative estimate of drug-likeness (QED) is 0.911. The van der Waals surface area contributed by atoms with Crippen molar-refractivity contribution in [2.24, 2.45) is 5.92 Å². The zero-order chi connectivity index (χ0) is 13.2. The molecule has 4 heteroatoms. The Hall–Kier alpha value is -0.280. The summed E-state index contributed by atoms with van der Waals surface area (Å²) in [5.74, 6) is 0.895. The number of benzene rings is 1. The van der Waals surface area contributed by atoms with Crippen LogP contribution in [-0.4, -0.2) is 31.1 Å². The third-order valence-corrected chi connectivity index (χ3v) is 4.73. The van der Waals surface area contributed by atoms with Crippen LogP contribution < -0.4 is 5.32 Å². The van der Waals surface area contributed by atoms with Crippen LogP contribution >= 0.6 is 23.2 Å². The van der Waals surface area contributed by atoms with Crippen molar-refractivity contribution in [2.45, 2.75) is 25.3 Å². The van der Waals surface area contributed by atoms with E-state index in [1.807, 2.05) is 12.1 Å². The number of nitrogens with one attached hydrogen (secondary N) is 1. The molecule has 0 spiro atoms. The van der Waals surface area contributed by atoms with Gasteiger partial charge in [0.15, 0.2) is 0 Å². The normalized spacial score (nSPS) is 22.4. The molecule has 2 fully saturated rings. The van der Waals surface area contributed by atoms with Gasteiger partial charge in [-0.3, -0.25) is 4.90 Å². The van der Waals surface area contributed by atoms with Gasteiger partial charge in [0, 0.05) is 42.3 Å². The average Bonchev–Trinajstić information content (AvgIpc) is 3.22. The second-order valence-corrected chi connectivity index (χ2v) is 6.49. The Balaban J connectivity index is 1.83. The van der Waals surface area contributed by atoms with E-state index in [1.54, 1.807) is 0 Å². The van der Waals surface area contributed by atoms with Crippen LogP contribution in [0.15, 0.2) is 18.2 Å². The van der Waals surface area contributed by atoms with E-state index in [-0.39, 0.29) is 0 Å². The minimum atomic E-state index is 0.458. The van der Waals surface area contributed by atoms with E-state index in [0.717, 1.165) is 42.1 Å². The standard InChI is InChI=1S/C15H20Cl2N2/c16-12-3-4-13(14(17)10-12)15(9-11-1-2-11)19-7-5-18-6-8-19/h3-4,10-11,15,18H,1-2,5-9H2/t15-/m1/s1. The molecule has 0 bridgehead atoms. The predicted molar refractivity (Wildman–Crippen MR) is 81.0 cm³/mol. The molecule has 2 nitrogen and oxygen atoms in total. The van der Waals surface area contributed by atoms with Crippen LogP contribution in [0, 0.1) is 5.92 Å². The topological polar surface area (TPSA) is 15.3 Å². The van der Waals surface area contributed by atoms with E-state index >= 15 is 0 Å². The summed E-state index contributed by atoms with van der Waals surface area (Å²) in [4.78, 5) is 2.57. The Morgan fingerprint density at radius 3 is 2.58 bits per heavy atom. The van der Waals surface area contributed by atoms with E-state index in [4.69, 9.17) is 23.2 Å². The molecule has 19 heavy (non-hydrogen) atoms. The van der Waals surface area contributed by atoms with Crippen molar-refractivity contribution in [3.63, 3.8) is 0 Å². The molecular weight excluding hydrogens is 279 g/mol. The Bertz CT molecular complexity index is 440. The maximum atomic E-state index is 6.42. The number of hydrogen-bond donors (Lipinski definition) is 1. The lowest BCUT2D eigenvalue weighted by Gasteiger charge is -2.36. The summed E-state index contributed by atoms with van der Waals surface area (Å²) in [6.07, 6.45) is 4.00. The Labute approximate surface area is 125 Å². The molecule has 0 amide bonds. The van der Waals surface area contributed by atoms with Gasteiger partial charge >= 0.3 is 0 Å². The van der Waals surface area contributed by atoms with Gasteiger partial charge < -0.3 is 5.32 Å². The summed E-state index contributed by atoms with van der Waals surface area (Å²) >= 11 is 12.4. The van der Waals surface area contributed by atoms with Crippen LogP contribution in [-0.2, 0) is 0 Å². The molecule has 1 atom stereocenters. The van der Waals surface area contributed by atoms with E-state index in [1.165, 1.54) is 24.8 Å². The smallest absolute Gasteiger partial charge is 0.0468 e. The van der Waals surface area contributed by atoms with Crippen molar-refractivity contribution < 1.29 is 0 Å². The molecule has 2 aliphatic rings. The third kappa shape index (κ3) is 3.43. The first-order valence-corrected chi connectivity index (χ1v) is 7.89. The molecule has 1 aromatic carbocycles. The lowest BCUT2D eigenvalue weighted by atomic mass is 9.98. The molecule has 1 heterocycles. The van der Waals surface area contributed by atoms with Gasteiger partial charge in [0.25, 0.3) is 0 Å². The summed E-state index contributed by atoms with van der Waals surface area (Å²) in [7, 11) is 0. The fourth-order valence-corrected chi connectivity index (χ4v) is 3.44. The first-order valence-electron chi connectivity index (χ1n) is 7.14. The van der Waals surface area contributed by atoms with Gasteiger partial charge in [0.05, 0.1) is 0 Å². The fraction of sp³-hybridized carbons (Fsp3) is 0.600. The van der Waals surface area contributed by atoms with Gasteiger partial charge in [0.2, 0.25) is 0 Å². The summed E-state index contributed by atoms with van der Waals surface area (Å²) in [6.45, 7) is 4.37. The summed E-state index contributed by atoms with van der Waals surface area (Å²) < 4.78 is 0. The van der Waals surface area contributed by atoms with Gasteiger partial charge in [-0.1, -0.05) is 42.1 Å². The van der Waals surface area contributed by atoms with Crippen molar-refractivity contribution in [1.82, 2.24) is 10.2 Å².